The highest BCUT2D eigenvalue weighted by Gasteiger charge is 2.17. The maximum Gasteiger partial charge on any atom is 0.240 e. The third kappa shape index (κ3) is 3.71. The minimum atomic E-state index is -3.88. The predicted molar refractivity (Wildman–Crippen MR) is 80.7 cm³/mol. The van der Waals surface area contributed by atoms with Gasteiger partial charge in [0, 0.05) is 19.3 Å². The van der Waals surface area contributed by atoms with E-state index in [0.717, 1.165) is 5.56 Å². The van der Waals surface area contributed by atoms with Crippen LogP contribution in [-0.2, 0) is 16.6 Å². The molecule has 0 atom stereocenters. The molecule has 0 bridgehead atoms. The van der Waals surface area contributed by atoms with Crippen molar-refractivity contribution in [3.63, 3.8) is 0 Å². The Balaban J connectivity index is 2.35. The van der Waals surface area contributed by atoms with Crippen LogP contribution in [0.25, 0.3) is 0 Å². The SMILES string of the molecule is CN(Cc1ccc(F)cc1)c1ccc(N)cc1S(N)(=O)=O. The molecule has 0 fully saturated rings. The van der Waals surface area contributed by atoms with Crippen molar-refractivity contribution in [3.05, 3.63) is 53.8 Å². The number of benzene rings is 2. The van der Waals surface area contributed by atoms with Crippen LogP contribution in [-0.4, -0.2) is 15.5 Å². The largest absolute Gasteiger partial charge is 0.399 e. The van der Waals surface area contributed by atoms with Gasteiger partial charge in [-0.3, -0.25) is 0 Å². The van der Waals surface area contributed by atoms with Crippen LogP contribution in [0, 0.1) is 5.82 Å². The molecule has 0 aliphatic rings. The maximum absolute atomic E-state index is 12.9. The molecule has 7 heteroatoms. The zero-order valence-corrected chi connectivity index (χ0v) is 12.3. The van der Waals surface area contributed by atoms with Gasteiger partial charge in [-0.2, -0.15) is 0 Å². The number of hydrogen-bond donors (Lipinski definition) is 2. The van der Waals surface area contributed by atoms with E-state index in [-0.39, 0.29) is 10.7 Å². The second-order valence-electron chi connectivity index (χ2n) is 4.75. The summed E-state index contributed by atoms with van der Waals surface area (Å²) in [6.45, 7) is 0.409. The fourth-order valence-corrected chi connectivity index (χ4v) is 2.84. The topological polar surface area (TPSA) is 89.4 Å². The number of sulfonamides is 1. The average molecular weight is 309 g/mol. The standard InChI is InChI=1S/C14H16FN3O2S/c1-18(9-10-2-4-11(15)5-3-10)13-7-6-12(16)8-14(13)21(17,19)20/h2-8H,9,16H2,1H3,(H2,17,19,20). The quantitative estimate of drug-likeness (QED) is 0.841. The van der Waals surface area contributed by atoms with Gasteiger partial charge in [-0.05, 0) is 35.9 Å². The molecule has 0 aromatic heterocycles. The number of nitrogens with zero attached hydrogens (tertiary/aromatic N) is 1. The van der Waals surface area contributed by atoms with Crippen molar-refractivity contribution in [2.75, 3.05) is 17.7 Å². The van der Waals surface area contributed by atoms with Gasteiger partial charge in [-0.1, -0.05) is 12.1 Å². The summed E-state index contributed by atoms with van der Waals surface area (Å²) in [5, 5.41) is 5.22. The molecule has 5 nitrogen and oxygen atoms in total. The van der Waals surface area contributed by atoms with Gasteiger partial charge in [0.05, 0.1) is 5.69 Å². The van der Waals surface area contributed by atoms with Gasteiger partial charge in [0.1, 0.15) is 10.7 Å². The third-order valence-electron chi connectivity index (χ3n) is 3.03. The first-order chi connectivity index (χ1) is 9.77. The summed E-state index contributed by atoms with van der Waals surface area (Å²) in [7, 11) is -2.16. The Bertz CT molecular complexity index is 745. The summed E-state index contributed by atoms with van der Waals surface area (Å²) >= 11 is 0. The Morgan fingerprint density at radius 2 is 1.76 bits per heavy atom. The molecule has 21 heavy (non-hydrogen) atoms. The Labute approximate surface area is 123 Å². The van der Waals surface area contributed by atoms with Crippen molar-refractivity contribution in [2.24, 2.45) is 5.14 Å². The molecular formula is C14H16FN3O2S. The minimum Gasteiger partial charge on any atom is -0.399 e. The fraction of sp³-hybridized carbons (Fsp3) is 0.143. The Kier molecular flexibility index (Phi) is 4.15. The number of nitrogens with two attached hydrogens (primary N) is 2. The van der Waals surface area contributed by atoms with E-state index in [1.54, 1.807) is 36.2 Å². The predicted octanol–water partition coefficient (Wildman–Crippen LogP) is 1.69. The van der Waals surface area contributed by atoms with Crippen LogP contribution in [0.2, 0.25) is 0 Å². The number of primary sulfonamides is 1. The van der Waals surface area contributed by atoms with Crippen molar-refractivity contribution in [1.29, 1.82) is 0 Å². The average Bonchev–Trinajstić information content (AvgIpc) is 2.40. The first-order valence-electron chi connectivity index (χ1n) is 6.15. The molecule has 0 saturated carbocycles. The molecule has 0 aliphatic carbocycles. The molecule has 2 aromatic carbocycles. The van der Waals surface area contributed by atoms with Crippen LogP contribution >= 0.6 is 0 Å². The molecule has 112 valence electrons. The van der Waals surface area contributed by atoms with Crippen LogP contribution in [0.15, 0.2) is 47.4 Å². The number of hydrogen-bond acceptors (Lipinski definition) is 4. The van der Waals surface area contributed by atoms with E-state index in [9.17, 15) is 12.8 Å². The monoisotopic (exact) mass is 309 g/mol. The Morgan fingerprint density at radius 1 is 1.14 bits per heavy atom. The molecule has 0 aliphatic heterocycles. The molecule has 2 aromatic rings. The fourth-order valence-electron chi connectivity index (χ4n) is 2.02. The van der Waals surface area contributed by atoms with Crippen molar-refractivity contribution < 1.29 is 12.8 Å². The van der Waals surface area contributed by atoms with Crippen molar-refractivity contribution in [1.82, 2.24) is 0 Å². The highest BCUT2D eigenvalue weighted by atomic mass is 32.2. The van der Waals surface area contributed by atoms with Gasteiger partial charge in [-0.25, -0.2) is 17.9 Å². The van der Waals surface area contributed by atoms with Crippen molar-refractivity contribution in [3.8, 4) is 0 Å². The third-order valence-corrected chi connectivity index (χ3v) is 3.97. The lowest BCUT2D eigenvalue weighted by Gasteiger charge is -2.22. The number of anilines is 2. The van der Waals surface area contributed by atoms with Crippen LogP contribution in [0.4, 0.5) is 15.8 Å². The van der Waals surface area contributed by atoms with E-state index < -0.39 is 10.0 Å². The van der Waals surface area contributed by atoms with E-state index in [4.69, 9.17) is 10.9 Å². The van der Waals surface area contributed by atoms with Crippen LogP contribution in [0.5, 0.6) is 0 Å². The zero-order valence-electron chi connectivity index (χ0n) is 11.5. The molecule has 0 heterocycles. The summed E-state index contributed by atoms with van der Waals surface area (Å²) in [4.78, 5) is 1.68. The number of halogens is 1. The first-order valence-corrected chi connectivity index (χ1v) is 7.70. The Morgan fingerprint density at radius 3 is 2.33 bits per heavy atom. The van der Waals surface area contributed by atoms with Crippen LogP contribution in [0.3, 0.4) is 0 Å². The Hall–Kier alpha value is -2.12. The van der Waals surface area contributed by atoms with Crippen molar-refractivity contribution >= 4 is 21.4 Å². The number of nitrogen functional groups attached to an aromatic ring is 1. The van der Waals surface area contributed by atoms with E-state index in [1.807, 2.05) is 0 Å². The molecule has 0 amide bonds. The second-order valence-corrected chi connectivity index (χ2v) is 6.28. The summed E-state index contributed by atoms with van der Waals surface area (Å²) in [6.07, 6.45) is 0. The summed E-state index contributed by atoms with van der Waals surface area (Å²) in [6, 6.07) is 10.5. The molecule has 2 rings (SSSR count). The lowest BCUT2D eigenvalue weighted by molar-refractivity contribution is 0.597. The van der Waals surface area contributed by atoms with Crippen LogP contribution < -0.4 is 15.8 Å². The lowest BCUT2D eigenvalue weighted by atomic mass is 10.2. The van der Waals surface area contributed by atoms with Gasteiger partial charge >= 0.3 is 0 Å². The van der Waals surface area contributed by atoms with Crippen molar-refractivity contribution in [2.45, 2.75) is 11.4 Å². The summed E-state index contributed by atoms with van der Waals surface area (Å²) < 4.78 is 36.2. The zero-order chi connectivity index (χ0) is 15.6. The van der Waals surface area contributed by atoms with Gasteiger partial charge in [0.25, 0.3) is 0 Å². The van der Waals surface area contributed by atoms with Crippen LogP contribution in [0.1, 0.15) is 5.56 Å². The van der Waals surface area contributed by atoms with Gasteiger partial charge < -0.3 is 10.6 Å². The van der Waals surface area contributed by atoms with Gasteiger partial charge in [-0.15, -0.1) is 0 Å². The molecule has 0 saturated heterocycles. The highest BCUT2D eigenvalue weighted by Crippen LogP contribution is 2.26. The van der Waals surface area contributed by atoms with E-state index in [0.29, 0.717) is 17.9 Å². The molecule has 0 radical (unpaired) electrons. The first kappa shape index (κ1) is 15.3. The highest BCUT2D eigenvalue weighted by molar-refractivity contribution is 7.89. The van der Waals surface area contributed by atoms with Gasteiger partial charge in [0.15, 0.2) is 0 Å². The lowest BCUT2D eigenvalue weighted by Crippen LogP contribution is -2.22. The molecule has 0 spiro atoms. The normalized spacial score (nSPS) is 11.4. The smallest absolute Gasteiger partial charge is 0.240 e. The summed E-state index contributed by atoms with van der Waals surface area (Å²) in [5.74, 6) is -0.320. The van der Waals surface area contributed by atoms with E-state index in [2.05, 4.69) is 0 Å². The van der Waals surface area contributed by atoms with Gasteiger partial charge in [0.2, 0.25) is 10.0 Å². The molecule has 0 unspecified atom stereocenters. The maximum atomic E-state index is 12.9. The molecule has 4 N–H and O–H groups in total. The molecular weight excluding hydrogens is 293 g/mol. The van der Waals surface area contributed by atoms with E-state index >= 15 is 0 Å². The summed E-state index contributed by atoms with van der Waals surface area (Å²) in [5.41, 5.74) is 7.22. The van der Waals surface area contributed by atoms with E-state index in [1.165, 1.54) is 18.2 Å². The second kappa shape index (κ2) is 5.71. The minimum absolute atomic E-state index is 0.0351. The number of rotatable bonds is 4.